The Bertz CT molecular complexity index is 350. The first-order chi connectivity index (χ1) is 7.06. The van der Waals surface area contributed by atoms with Crippen LogP contribution in [-0.2, 0) is 6.54 Å². The maximum absolute atomic E-state index is 10.6. The molecular formula is C8H14N4O3. The summed E-state index contributed by atoms with van der Waals surface area (Å²) >= 11 is 0. The van der Waals surface area contributed by atoms with Crippen LogP contribution in [0.1, 0.15) is 5.82 Å². The van der Waals surface area contributed by atoms with Gasteiger partial charge in [-0.15, -0.1) is 0 Å². The van der Waals surface area contributed by atoms with Crippen molar-refractivity contribution in [3.63, 3.8) is 0 Å². The lowest BCUT2D eigenvalue weighted by Gasteiger charge is -2.09. The van der Waals surface area contributed by atoms with Crippen LogP contribution >= 0.6 is 0 Å². The average Bonchev–Trinajstić information content (AvgIpc) is 2.48. The van der Waals surface area contributed by atoms with Crippen molar-refractivity contribution in [3.05, 3.63) is 22.1 Å². The minimum Gasteiger partial charge on any atom is -0.388 e. The SMILES string of the molecule is CNCC(O)Cn1c([N+](=O)[O-])cnc1C. The predicted molar refractivity (Wildman–Crippen MR) is 53.6 cm³/mol. The van der Waals surface area contributed by atoms with Gasteiger partial charge in [0.1, 0.15) is 18.8 Å². The van der Waals surface area contributed by atoms with Gasteiger partial charge in [0, 0.05) is 13.5 Å². The second kappa shape index (κ2) is 4.85. The van der Waals surface area contributed by atoms with Gasteiger partial charge in [-0.2, -0.15) is 0 Å². The van der Waals surface area contributed by atoms with Crippen LogP contribution in [0, 0.1) is 17.0 Å². The number of rotatable bonds is 5. The lowest BCUT2D eigenvalue weighted by molar-refractivity contribution is -0.392. The Hall–Kier alpha value is -1.47. The number of hydrogen-bond donors (Lipinski definition) is 2. The molecule has 1 rings (SSSR count). The van der Waals surface area contributed by atoms with E-state index in [2.05, 4.69) is 10.3 Å². The quantitative estimate of drug-likeness (QED) is 0.517. The fourth-order valence-corrected chi connectivity index (χ4v) is 1.34. The summed E-state index contributed by atoms with van der Waals surface area (Å²) < 4.78 is 1.39. The van der Waals surface area contributed by atoms with Gasteiger partial charge < -0.3 is 20.5 Å². The number of imidazole rings is 1. The third-order valence-corrected chi connectivity index (χ3v) is 2.05. The van der Waals surface area contributed by atoms with Gasteiger partial charge in [-0.3, -0.25) is 0 Å². The van der Waals surface area contributed by atoms with Gasteiger partial charge in [0.2, 0.25) is 0 Å². The molecule has 0 fully saturated rings. The zero-order valence-corrected chi connectivity index (χ0v) is 8.67. The molecule has 0 radical (unpaired) electrons. The number of aromatic nitrogens is 2. The van der Waals surface area contributed by atoms with E-state index in [0.717, 1.165) is 0 Å². The number of nitrogens with zero attached hydrogens (tertiary/aromatic N) is 3. The van der Waals surface area contributed by atoms with E-state index in [1.807, 2.05) is 0 Å². The van der Waals surface area contributed by atoms with Gasteiger partial charge in [0.05, 0.1) is 0 Å². The van der Waals surface area contributed by atoms with Gasteiger partial charge >= 0.3 is 5.82 Å². The lowest BCUT2D eigenvalue weighted by Crippen LogP contribution is -2.28. The van der Waals surface area contributed by atoms with Gasteiger partial charge in [-0.1, -0.05) is 0 Å². The summed E-state index contributed by atoms with van der Waals surface area (Å²) in [7, 11) is 1.71. The van der Waals surface area contributed by atoms with E-state index in [0.29, 0.717) is 12.4 Å². The monoisotopic (exact) mass is 214 g/mol. The molecule has 15 heavy (non-hydrogen) atoms. The highest BCUT2D eigenvalue weighted by atomic mass is 16.6. The molecule has 0 aromatic carbocycles. The number of nitrogens with one attached hydrogen (secondary N) is 1. The Morgan fingerprint density at radius 2 is 2.47 bits per heavy atom. The molecule has 1 aromatic heterocycles. The number of aliphatic hydroxyl groups is 1. The standard InChI is InChI=1S/C8H14N4O3/c1-6-10-4-8(12(14)15)11(6)5-7(13)3-9-2/h4,7,9,13H,3,5H2,1-2H3. The van der Waals surface area contributed by atoms with Gasteiger partial charge in [-0.25, -0.2) is 9.55 Å². The van der Waals surface area contributed by atoms with E-state index in [-0.39, 0.29) is 12.4 Å². The minimum absolute atomic E-state index is 0.0948. The molecule has 0 aliphatic carbocycles. The van der Waals surface area contributed by atoms with E-state index in [1.54, 1.807) is 14.0 Å². The number of likely N-dealkylation sites (N-methyl/N-ethyl adjacent to an activating group) is 1. The third-order valence-electron chi connectivity index (χ3n) is 2.05. The molecule has 0 aliphatic rings. The van der Waals surface area contributed by atoms with Gasteiger partial charge in [0.25, 0.3) is 0 Å². The Balaban J connectivity index is 2.83. The number of aryl methyl sites for hydroxylation is 1. The molecule has 7 heteroatoms. The van der Waals surface area contributed by atoms with Crippen molar-refractivity contribution in [2.45, 2.75) is 19.6 Å². The molecule has 2 N–H and O–H groups in total. The summed E-state index contributed by atoms with van der Waals surface area (Å²) in [5, 5.41) is 22.9. The van der Waals surface area contributed by atoms with Crippen LogP contribution in [0.3, 0.4) is 0 Å². The third kappa shape index (κ3) is 2.74. The van der Waals surface area contributed by atoms with Crippen molar-refractivity contribution in [2.75, 3.05) is 13.6 Å². The van der Waals surface area contributed by atoms with Crippen molar-refractivity contribution in [1.82, 2.24) is 14.9 Å². The highest BCUT2D eigenvalue weighted by Crippen LogP contribution is 2.13. The van der Waals surface area contributed by atoms with Crippen molar-refractivity contribution < 1.29 is 10.0 Å². The van der Waals surface area contributed by atoms with Crippen LogP contribution in [0.25, 0.3) is 0 Å². The topological polar surface area (TPSA) is 93.2 Å². The molecular weight excluding hydrogens is 200 g/mol. The average molecular weight is 214 g/mol. The summed E-state index contributed by atoms with van der Waals surface area (Å²) in [6, 6.07) is 0. The number of hydrogen-bond acceptors (Lipinski definition) is 5. The Morgan fingerprint density at radius 3 is 3.00 bits per heavy atom. The lowest BCUT2D eigenvalue weighted by atomic mass is 10.3. The van der Waals surface area contributed by atoms with Crippen molar-refractivity contribution >= 4 is 5.82 Å². The van der Waals surface area contributed by atoms with Crippen LogP contribution < -0.4 is 5.32 Å². The maximum Gasteiger partial charge on any atom is 0.342 e. The summed E-state index contributed by atoms with van der Waals surface area (Å²) in [6.07, 6.45) is 0.531. The molecule has 0 spiro atoms. The van der Waals surface area contributed by atoms with Crippen LogP contribution in [0.4, 0.5) is 5.82 Å². The molecule has 84 valence electrons. The first-order valence-corrected chi connectivity index (χ1v) is 4.55. The largest absolute Gasteiger partial charge is 0.388 e. The fraction of sp³-hybridized carbons (Fsp3) is 0.625. The van der Waals surface area contributed by atoms with E-state index in [9.17, 15) is 15.2 Å². The molecule has 1 heterocycles. The molecule has 1 unspecified atom stereocenters. The van der Waals surface area contributed by atoms with Crippen LogP contribution in [0.15, 0.2) is 6.20 Å². The summed E-state index contributed by atoms with van der Waals surface area (Å²) in [6.45, 7) is 2.22. The smallest absolute Gasteiger partial charge is 0.342 e. The highest BCUT2D eigenvalue weighted by molar-refractivity contribution is 5.18. The molecule has 1 aromatic rings. The number of nitro groups is 1. The Kier molecular flexibility index (Phi) is 3.75. The van der Waals surface area contributed by atoms with E-state index >= 15 is 0 Å². The molecule has 7 nitrogen and oxygen atoms in total. The van der Waals surface area contributed by atoms with Crippen molar-refractivity contribution in [3.8, 4) is 0 Å². The first kappa shape index (κ1) is 11.6. The van der Waals surface area contributed by atoms with Crippen LogP contribution in [0.2, 0.25) is 0 Å². The van der Waals surface area contributed by atoms with E-state index in [1.165, 1.54) is 10.8 Å². The second-order valence-electron chi connectivity index (χ2n) is 3.24. The molecule has 0 amide bonds. The molecule has 0 bridgehead atoms. The van der Waals surface area contributed by atoms with E-state index < -0.39 is 11.0 Å². The van der Waals surface area contributed by atoms with Gasteiger partial charge in [-0.05, 0) is 12.0 Å². The van der Waals surface area contributed by atoms with Crippen molar-refractivity contribution in [1.29, 1.82) is 0 Å². The molecule has 0 saturated carbocycles. The number of aliphatic hydroxyl groups excluding tert-OH is 1. The van der Waals surface area contributed by atoms with E-state index in [4.69, 9.17) is 0 Å². The zero-order valence-electron chi connectivity index (χ0n) is 8.67. The van der Waals surface area contributed by atoms with Gasteiger partial charge in [0.15, 0.2) is 5.82 Å². The first-order valence-electron chi connectivity index (χ1n) is 4.55. The summed E-state index contributed by atoms with van der Waals surface area (Å²) in [5.41, 5.74) is 0. The minimum atomic E-state index is -0.665. The predicted octanol–water partition coefficient (Wildman–Crippen LogP) is -0.320. The van der Waals surface area contributed by atoms with Crippen molar-refractivity contribution in [2.24, 2.45) is 0 Å². The highest BCUT2D eigenvalue weighted by Gasteiger charge is 2.19. The molecule has 0 aliphatic heterocycles. The molecule has 0 saturated heterocycles. The molecule has 1 atom stereocenters. The zero-order chi connectivity index (χ0) is 11.4. The maximum atomic E-state index is 10.6. The normalized spacial score (nSPS) is 12.7. The Labute approximate surface area is 86.9 Å². The van der Waals surface area contributed by atoms with Crippen LogP contribution in [-0.4, -0.2) is 39.3 Å². The Morgan fingerprint density at radius 1 is 1.80 bits per heavy atom. The van der Waals surface area contributed by atoms with Crippen LogP contribution in [0.5, 0.6) is 0 Å². The fourth-order valence-electron chi connectivity index (χ4n) is 1.34. The summed E-state index contributed by atoms with van der Waals surface area (Å²) in [4.78, 5) is 14.0. The second-order valence-corrected chi connectivity index (χ2v) is 3.24. The summed E-state index contributed by atoms with van der Waals surface area (Å²) in [5.74, 6) is 0.430.